The van der Waals surface area contributed by atoms with Crippen LogP contribution in [-0.4, -0.2) is 12.2 Å². The van der Waals surface area contributed by atoms with Crippen molar-refractivity contribution in [2.75, 3.05) is 6.61 Å². The van der Waals surface area contributed by atoms with E-state index < -0.39 is 0 Å². The highest BCUT2D eigenvalue weighted by molar-refractivity contribution is 5.16. The third-order valence-corrected chi connectivity index (χ3v) is 1.65. The molecule has 0 N–H and O–H groups in total. The van der Waals surface area contributed by atoms with Crippen LogP contribution >= 0.6 is 0 Å². The maximum Gasteiger partial charge on any atom is 0.111 e. The normalized spacial score (nSPS) is 30.4. The Morgan fingerprint density at radius 3 is 2.90 bits per heavy atom. The predicted octanol–water partition coefficient (Wildman–Crippen LogP) is 1.64. The van der Waals surface area contributed by atoms with Gasteiger partial charge in [-0.1, -0.05) is 13.3 Å². The van der Waals surface area contributed by atoms with Crippen LogP contribution in [0.2, 0.25) is 0 Å². The standard InChI is InChI=1S/C8H11NO/c1-2-4-8(7-10-8)5-3-6-9/h3,5H,2,4,7H2,1H3/b5-3+. The molecule has 1 fully saturated rings. The molecule has 1 heterocycles. The molecule has 1 saturated heterocycles. The van der Waals surface area contributed by atoms with E-state index in [1.807, 2.05) is 12.1 Å². The van der Waals surface area contributed by atoms with Crippen LogP contribution in [0.25, 0.3) is 0 Å². The molecule has 1 unspecified atom stereocenters. The maximum atomic E-state index is 8.23. The largest absolute Gasteiger partial charge is 0.365 e. The lowest BCUT2D eigenvalue weighted by Gasteiger charge is -2.00. The van der Waals surface area contributed by atoms with Crippen molar-refractivity contribution in [3.63, 3.8) is 0 Å². The Labute approximate surface area is 61.1 Å². The van der Waals surface area contributed by atoms with Gasteiger partial charge in [0.15, 0.2) is 0 Å². The van der Waals surface area contributed by atoms with E-state index in [1.54, 1.807) is 0 Å². The van der Waals surface area contributed by atoms with Gasteiger partial charge in [0, 0.05) is 6.08 Å². The molecule has 54 valence electrons. The van der Waals surface area contributed by atoms with Crippen LogP contribution in [0.5, 0.6) is 0 Å². The van der Waals surface area contributed by atoms with E-state index >= 15 is 0 Å². The van der Waals surface area contributed by atoms with E-state index in [0.717, 1.165) is 19.4 Å². The van der Waals surface area contributed by atoms with Crippen molar-refractivity contribution >= 4 is 0 Å². The van der Waals surface area contributed by atoms with E-state index in [2.05, 4.69) is 6.92 Å². The average molecular weight is 137 g/mol. The zero-order chi connectivity index (χ0) is 7.45. The Kier molecular flexibility index (Phi) is 2.08. The number of epoxide rings is 1. The summed E-state index contributed by atoms with van der Waals surface area (Å²) < 4.78 is 5.20. The minimum atomic E-state index is -0.0511. The molecule has 1 atom stereocenters. The molecule has 1 aliphatic rings. The molecule has 0 aromatic rings. The molecule has 0 bridgehead atoms. The summed E-state index contributed by atoms with van der Waals surface area (Å²) >= 11 is 0. The third-order valence-electron chi connectivity index (χ3n) is 1.65. The average Bonchev–Trinajstić information content (AvgIpc) is 2.67. The summed E-state index contributed by atoms with van der Waals surface area (Å²) in [6.07, 6.45) is 5.50. The molecule has 0 aromatic heterocycles. The van der Waals surface area contributed by atoms with E-state index in [0.29, 0.717) is 0 Å². The first-order valence-corrected chi connectivity index (χ1v) is 3.54. The van der Waals surface area contributed by atoms with Crippen LogP contribution in [0.1, 0.15) is 19.8 Å². The van der Waals surface area contributed by atoms with Gasteiger partial charge in [-0.3, -0.25) is 0 Å². The predicted molar refractivity (Wildman–Crippen MR) is 38.3 cm³/mol. The lowest BCUT2D eigenvalue weighted by atomic mass is 10.1. The monoisotopic (exact) mass is 137 g/mol. The van der Waals surface area contributed by atoms with Gasteiger partial charge in [-0.15, -0.1) is 0 Å². The van der Waals surface area contributed by atoms with Crippen molar-refractivity contribution in [1.29, 1.82) is 5.26 Å². The summed E-state index contributed by atoms with van der Waals surface area (Å²) in [6, 6.07) is 1.96. The van der Waals surface area contributed by atoms with Crippen LogP contribution in [0.3, 0.4) is 0 Å². The maximum absolute atomic E-state index is 8.23. The summed E-state index contributed by atoms with van der Waals surface area (Å²) in [4.78, 5) is 0. The molecule has 0 spiro atoms. The Balaban J connectivity index is 2.39. The number of nitrogens with zero attached hydrogens (tertiary/aromatic N) is 1. The van der Waals surface area contributed by atoms with Crippen molar-refractivity contribution in [2.45, 2.75) is 25.4 Å². The molecular formula is C8H11NO. The highest BCUT2D eigenvalue weighted by Gasteiger charge is 2.40. The van der Waals surface area contributed by atoms with Crippen molar-refractivity contribution in [3.05, 3.63) is 12.2 Å². The zero-order valence-corrected chi connectivity index (χ0v) is 6.13. The van der Waals surface area contributed by atoms with Crippen LogP contribution in [0, 0.1) is 11.3 Å². The van der Waals surface area contributed by atoms with E-state index in [9.17, 15) is 0 Å². The second-order valence-corrected chi connectivity index (χ2v) is 2.57. The molecule has 2 nitrogen and oxygen atoms in total. The quantitative estimate of drug-likeness (QED) is 0.438. The van der Waals surface area contributed by atoms with Crippen LogP contribution in [-0.2, 0) is 4.74 Å². The number of ether oxygens (including phenoxy) is 1. The first-order valence-electron chi connectivity index (χ1n) is 3.54. The van der Waals surface area contributed by atoms with Crippen LogP contribution in [0.4, 0.5) is 0 Å². The minimum Gasteiger partial charge on any atom is -0.365 e. The lowest BCUT2D eigenvalue weighted by molar-refractivity contribution is 0.335. The summed E-state index contributed by atoms with van der Waals surface area (Å²) in [5.41, 5.74) is -0.0511. The van der Waals surface area contributed by atoms with E-state index in [4.69, 9.17) is 10.00 Å². The van der Waals surface area contributed by atoms with Gasteiger partial charge in [-0.25, -0.2) is 0 Å². The molecule has 10 heavy (non-hydrogen) atoms. The van der Waals surface area contributed by atoms with Gasteiger partial charge >= 0.3 is 0 Å². The minimum absolute atomic E-state index is 0.0511. The number of allylic oxidation sites excluding steroid dienone is 1. The van der Waals surface area contributed by atoms with E-state index in [-0.39, 0.29) is 5.60 Å². The molecule has 0 aliphatic carbocycles. The van der Waals surface area contributed by atoms with Gasteiger partial charge in [0.25, 0.3) is 0 Å². The molecule has 0 amide bonds. The second-order valence-electron chi connectivity index (χ2n) is 2.57. The van der Waals surface area contributed by atoms with Gasteiger partial charge in [0.1, 0.15) is 5.60 Å². The fourth-order valence-electron chi connectivity index (χ4n) is 1.03. The number of hydrogen-bond donors (Lipinski definition) is 0. The van der Waals surface area contributed by atoms with Crippen molar-refractivity contribution < 1.29 is 4.74 Å². The SMILES string of the molecule is CCCC1(/C=C/C#N)CO1. The highest BCUT2D eigenvalue weighted by atomic mass is 16.6. The van der Waals surface area contributed by atoms with Crippen molar-refractivity contribution in [2.24, 2.45) is 0 Å². The highest BCUT2D eigenvalue weighted by Crippen LogP contribution is 2.33. The topological polar surface area (TPSA) is 36.3 Å². The lowest BCUT2D eigenvalue weighted by Crippen LogP contribution is -2.04. The van der Waals surface area contributed by atoms with Gasteiger partial charge in [-0.2, -0.15) is 5.26 Å². The fourth-order valence-corrected chi connectivity index (χ4v) is 1.03. The summed E-state index contributed by atoms with van der Waals surface area (Å²) in [5, 5.41) is 8.23. The molecule has 2 heteroatoms. The van der Waals surface area contributed by atoms with Gasteiger partial charge in [-0.05, 0) is 12.5 Å². The summed E-state index contributed by atoms with van der Waals surface area (Å²) in [6.45, 7) is 2.91. The van der Waals surface area contributed by atoms with Crippen LogP contribution < -0.4 is 0 Å². The Morgan fingerprint density at radius 1 is 1.80 bits per heavy atom. The number of hydrogen-bond acceptors (Lipinski definition) is 2. The van der Waals surface area contributed by atoms with Crippen LogP contribution in [0.15, 0.2) is 12.2 Å². The molecule has 0 radical (unpaired) electrons. The molecular weight excluding hydrogens is 126 g/mol. The Hall–Kier alpha value is -0.810. The Bertz CT molecular complexity index is 174. The van der Waals surface area contributed by atoms with Gasteiger partial charge < -0.3 is 4.74 Å². The van der Waals surface area contributed by atoms with Gasteiger partial charge in [0.2, 0.25) is 0 Å². The Morgan fingerprint density at radius 2 is 2.50 bits per heavy atom. The summed E-state index contributed by atoms with van der Waals surface area (Å²) in [7, 11) is 0. The second kappa shape index (κ2) is 2.85. The first-order chi connectivity index (χ1) is 4.83. The molecule has 1 rings (SSSR count). The number of nitriles is 1. The first kappa shape index (κ1) is 7.30. The zero-order valence-electron chi connectivity index (χ0n) is 6.13. The summed E-state index contributed by atoms with van der Waals surface area (Å²) in [5.74, 6) is 0. The third kappa shape index (κ3) is 1.58. The van der Waals surface area contributed by atoms with Crippen molar-refractivity contribution in [1.82, 2.24) is 0 Å². The molecule has 0 aromatic carbocycles. The number of rotatable bonds is 3. The fraction of sp³-hybridized carbons (Fsp3) is 0.625. The van der Waals surface area contributed by atoms with Gasteiger partial charge in [0.05, 0.1) is 12.7 Å². The molecule has 1 aliphatic heterocycles. The molecule has 0 saturated carbocycles. The smallest absolute Gasteiger partial charge is 0.111 e. The van der Waals surface area contributed by atoms with Crippen molar-refractivity contribution in [3.8, 4) is 6.07 Å². The van der Waals surface area contributed by atoms with E-state index in [1.165, 1.54) is 6.08 Å².